The number of aryl methyl sites for hydroxylation is 1. The van der Waals surface area contributed by atoms with Gasteiger partial charge in [0.15, 0.2) is 11.6 Å². The number of carbonyl (C=O) groups is 1. The smallest absolute Gasteiger partial charge is 0.279 e. The maximum atomic E-state index is 13.5. The molecule has 5 rings (SSSR count). The van der Waals surface area contributed by atoms with Crippen molar-refractivity contribution in [3.05, 3.63) is 93.9 Å². The van der Waals surface area contributed by atoms with Crippen molar-refractivity contribution in [2.75, 3.05) is 5.32 Å². The lowest BCUT2D eigenvalue weighted by Gasteiger charge is -2.19. The molecule has 4 N–H and O–H groups in total. The monoisotopic (exact) mass is 527 g/mol. The van der Waals surface area contributed by atoms with Crippen molar-refractivity contribution in [3.63, 3.8) is 0 Å². The Balaban J connectivity index is 1.61. The van der Waals surface area contributed by atoms with Crippen molar-refractivity contribution in [3.8, 4) is 17.1 Å². The van der Waals surface area contributed by atoms with Gasteiger partial charge in [-0.1, -0.05) is 32.9 Å². The Morgan fingerprint density at radius 2 is 1.87 bits per heavy atom. The van der Waals surface area contributed by atoms with Crippen LogP contribution in [0.3, 0.4) is 0 Å². The molecule has 11 heteroatoms. The molecule has 39 heavy (non-hydrogen) atoms. The minimum atomic E-state index is -0.778. The van der Waals surface area contributed by atoms with Crippen molar-refractivity contribution in [1.82, 2.24) is 24.5 Å². The molecule has 1 amide bonds. The number of phenols is 1. The van der Waals surface area contributed by atoms with Crippen LogP contribution in [-0.2, 0) is 5.41 Å². The van der Waals surface area contributed by atoms with E-state index in [1.807, 2.05) is 12.1 Å². The second-order valence-corrected chi connectivity index (χ2v) is 10.2. The molecule has 3 aromatic heterocycles. The molecular weight excluding hydrogens is 501 g/mol. The van der Waals surface area contributed by atoms with Gasteiger partial charge in [-0.25, -0.2) is 14.1 Å². The van der Waals surface area contributed by atoms with Crippen LogP contribution in [0.5, 0.6) is 5.75 Å². The number of fused-ring (bicyclic) bond motifs is 1. The maximum Gasteiger partial charge on any atom is 0.279 e. The van der Waals surface area contributed by atoms with Crippen LogP contribution in [0.2, 0.25) is 0 Å². The molecule has 0 saturated carbocycles. The van der Waals surface area contributed by atoms with Gasteiger partial charge in [0, 0.05) is 11.6 Å². The topological polar surface area (TPSA) is 141 Å². The number of nitrogens with one attached hydrogen (secondary N) is 1. The summed E-state index contributed by atoms with van der Waals surface area (Å²) in [4.78, 5) is 29.5. The number of rotatable bonds is 5. The van der Waals surface area contributed by atoms with Gasteiger partial charge in [-0.05, 0) is 53.8 Å². The minimum absolute atomic E-state index is 0.0123. The van der Waals surface area contributed by atoms with Gasteiger partial charge in [0.25, 0.3) is 11.5 Å². The Hall–Kier alpha value is -5.06. The lowest BCUT2D eigenvalue weighted by atomic mass is 9.86. The molecule has 3 heterocycles. The molecule has 0 saturated heterocycles. The zero-order chi connectivity index (χ0) is 28.1. The molecule has 0 bridgehead atoms. The summed E-state index contributed by atoms with van der Waals surface area (Å²) in [5.74, 6) is -1.29. The number of halogens is 1. The number of anilines is 2. The third-order valence-electron chi connectivity index (χ3n) is 6.40. The predicted molar refractivity (Wildman–Crippen MR) is 146 cm³/mol. The highest BCUT2D eigenvalue weighted by Crippen LogP contribution is 2.33. The Morgan fingerprint density at radius 3 is 2.54 bits per heavy atom. The molecular formula is C28H26FN7O3. The first kappa shape index (κ1) is 25.6. The van der Waals surface area contributed by atoms with Gasteiger partial charge < -0.3 is 16.2 Å². The van der Waals surface area contributed by atoms with Crippen LogP contribution in [0.1, 0.15) is 42.3 Å². The highest BCUT2D eigenvalue weighted by atomic mass is 19.1. The summed E-state index contributed by atoms with van der Waals surface area (Å²) in [6, 6.07) is 11.5. The number of nitrogens with two attached hydrogens (primary N) is 1. The lowest BCUT2D eigenvalue weighted by molar-refractivity contribution is 0.100. The number of benzene rings is 2. The fraction of sp³-hybridized carbons (Fsp3) is 0.179. The third-order valence-corrected chi connectivity index (χ3v) is 6.40. The van der Waals surface area contributed by atoms with Gasteiger partial charge in [-0.15, -0.1) is 5.10 Å². The Morgan fingerprint density at radius 1 is 1.10 bits per heavy atom. The summed E-state index contributed by atoms with van der Waals surface area (Å²) in [6.45, 7) is 8.01. The zero-order valence-corrected chi connectivity index (χ0v) is 21.7. The number of nitrogens with zero attached hydrogens (tertiary/aromatic N) is 5. The molecule has 0 atom stereocenters. The fourth-order valence-electron chi connectivity index (χ4n) is 4.24. The summed E-state index contributed by atoms with van der Waals surface area (Å²) < 4.78 is 15.7. The maximum absolute atomic E-state index is 13.5. The predicted octanol–water partition coefficient (Wildman–Crippen LogP) is 4.26. The molecule has 0 aliphatic carbocycles. The number of pyridine rings is 1. The summed E-state index contributed by atoms with van der Waals surface area (Å²) in [7, 11) is 0. The van der Waals surface area contributed by atoms with Crippen LogP contribution >= 0.6 is 0 Å². The highest BCUT2D eigenvalue weighted by Gasteiger charge is 2.22. The quantitative estimate of drug-likeness (QED) is 0.310. The average molecular weight is 528 g/mol. The van der Waals surface area contributed by atoms with Crippen molar-refractivity contribution < 1.29 is 14.3 Å². The standard InChI is InChI=1S/C28H26FN7O3/c1-15-5-9-21(35-14-20(25(30)38)26(34-35)33-22-10-7-18(29)13-31-22)24(37)23(15)36-27(39)19-8-6-17(28(2,3)4)11-16(19)12-32-36/h5-14,37H,1-4H3,(H2,30,38)(H,31,33,34). The summed E-state index contributed by atoms with van der Waals surface area (Å²) in [5, 5.41) is 24.0. The lowest BCUT2D eigenvalue weighted by Crippen LogP contribution is -2.22. The van der Waals surface area contributed by atoms with Gasteiger partial charge in [-0.2, -0.15) is 9.78 Å². The Bertz CT molecular complexity index is 1800. The number of aromatic nitrogens is 5. The van der Waals surface area contributed by atoms with Gasteiger partial charge in [0.1, 0.15) is 28.6 Å². The Kier molecular flexibility index (Phi) is 6.14. The second-order valence-electron chi connectivity index (χ2n) is 10.2. The fourth-order valence-corrected chi connectivity index (χ4v) is 4.24. The number of hydrogen-bond acceptors (Lipinski definition) is 7. The molecule has 10 nitrogen and oxygen atoms in total. The van der Waals surface area contributed by atoms with Crippen LogP contribution in [0.25, 0.3) is 22.1 Å². The van der Waals surface area contributed by atoms with Crippen molar-refractivity contribution in [2.45, 2.75) is 33.1 Å². The van der Waals surface area contributed by atoms with E-state index in [1.54, 1.807) is 31.3 Å². The average Bonchev–Trinajstić information content (AvgIpc) is 3.30. The normalized spacial score (nSPS) is 11.6. The number of primary amides is 1. The van der Waals surface area contributed by atoms with E-state index in [0.717, 1.165) is 16.4 Å². The van der Waals surface area contributed by atoms with Gasteiger partial charge >= 0.3 is 0 Å². The molecule has 198 valence electrons. The van der Waals surface area contributed by atoms with E-state index < -0.39 is 17.3 Å². The van der Waals surface area contributed by atoms with E-state index in [2.05, 4.69) is 41.3 Å². The minimum Gasteiger partial charge on any atom is -0.504 e. The number of aromatic hydroxyl groups is 1. The third kappa shape index (κ3) is 4.70. The molecule has 5 aromatic rings. The van der Waals surface area contributed by atoms with Crippen LogP contribution in [-0.4, -0.2) is 35.6 Å². The van der Waals surface area contributed by atoms with Gasteiger partial charge in [0.05, 0.1) is 17.8 Å². The molecule has 0 radical (unpaired) electrons. The number of hydrogen-bond donors (Lipinski definition) is 3. The van der Waals surface area contributed by atoms with Gasteiger partial charge in [-0.3, -0.25) is 9.59 Å². The van der Waals surface area contributed by atoms with Crippen LogP contribution in [0, 0.1) is 12.7 Å². The zero-order valence-electron chi connectivity index (χ0n) is 21.7. The summed E-state index contributed by atoms with van der Waals surface area (Å²) in [6.07, 6.45) is 3.95. The second kappa shape index (κ2) is 9.35. The van der Waals surface area contributed by atoms with E-state index in [9.17, 15) is 19.1 Å². The number of amides is 1. The molecule has 0 aliphatic rings. The largest absolute Gasteiger partial charge is 0.504 e. The van der Waals surface area contributed by atoms with E-state index in [0.29, 0.717) is 16.3 Å². The van der Waals surface area contributed by atoms with Crippen LogP contribution < -0.4 is 16.6 Å². The first-order valence-electron chi connectivity index (χ1n) is 12.1. The van der Waals surface area contributed by atoms with Gasteiger partial charge in [0.2, 0.25) is 0 Å². The first-order chi connectivity index (χ1) is 18.4. The molecule has 0 fully saturated rings. The number of carbonyl (C=O) groups excluding carboxylic acids is 1. The van der Waals surface area contributed by atoms with E-state index >= 15 is 0 Å². The molecule has 0 aliphatic heterocycles. The van der Waals surface area contributed by atoms with Crippen molar-refractivity contribution in [2.24, 2.45) is 5.73 Å². The Labute approximate surface area is 222 Å². The SMILES string of the molecule is Cc1ccc(-n2cc(C(N)=O)c(Nc3ccc(F)cn3)n2)c(O)c1-n1ncc2cc(C(C)(C)C)ccc2c1=O. The van der Waals surface area contributed by atoms with Crippen LogP contribution in [0.15, 0.2) is 65.8 Å². The molecule has 0 unspecified atom stereocenters. The van der Waals surface area contributed by atoms with Crippen LogP contribution in [0.4, 0.5) is 16.0 Å². The van der Waals surface area contributed by atoms with E-state index in [-0.39, 0.29) is 39.7 Å². The number of phenolic OH excluding ortho intramolecular Hbond substituents is 1. The summed E-state index contributed by atoms with van der Waals surface area (Å²) in [5.41, 5.74) is 7.07. The first-order valence-corrected chi connectivity index (χ1v) is 12.1. The van der Waals surface area contributed by atoms with Crippen molar-refractivity contribution in [1.29, 1.82) is 0 Å². The molecule has 2 aromatic carbocycles. The molecule has 0 spiro atoms. The van der Waals surface area contributed by atoms with E-state index in [1.165, 1.54) is 23.0 Å². The van der Waals surface area contributed by atoms with Crippen molar-refractivity contribution >= 4 is 28.3 Å². The van der Waals surface area contributed by atoms with E-state index in [4.69, 9.17) is 5.73 Å². The highest BCUT2D eigenvalue weighted by molar-refractivity contribution is 5.98. The summed E-state index contributed by atoms with van der Waals surface area (Å²) >= 11 is 0.